The van der Waals surface area contributed by atoms with Crippen molar-refractivity contribution in [1.82, 2.24) is 4.98 Å². The molecule has 0 fully saturated rings. The zero-order valence-corrected chi connectivity index (χ0v) is 12.0. The predicted molar refractivity (Wildman–Crippen MR) is 79.2 cm³/mol. The molecule has 0 saturated heterocycles. The number of pyridine rings is 1. The summed E-state index contributed by atoms with van der Waals surface area (Å²) in [5.41, 5.74) is 1.93. The fraction of sp³-hybridized carbons (Fsp3) is 0.438. The molecule has 2 rings (SSSR count). The molecule has 2 aromatic rings. The van der Waals surface area contributed by atoms with Gasteiger partial charge in [0.25, 0.3) is 0 Å². The van der Waals surface area contributed by atoms with Crippen molar-refractivity contribution in [3.05, 3.63) is 35.6 Å². The third-order valence-electron chi connectivity index (χ3n) is 3.13. The largest absolute Gasteiger partial charge is 0.370 e. The lowest BCUT2D eigenvalue weighted by Gasteiger charge is -2.23. The molecule has 1 aromatic heterocycles. The molecule has 0 spiro atoms. The minimum absolute atomic E-state index is 0.0242. The number of hydrogen-bond acceptors (Lipinski definition) is 2. The number of nitrogens with one attached hydrogen (secondary N) is 1. The smallest absolute Gasteiger partial charge is 0.130 e. The first-order chi connectivity index (χ1) is 8.91. The third-order valence-corrected chi connectivity index (χ3v) is 3.13. The summed E-state index contributed by atoms with van der Waals surface area (Å²) >= 11 is 0. The second-order valence-corrected chi connectivity index (χ2v) is 5.90. The van der Waals surface area contributed by atoms with Gasteiger partial charge in [0.15, 0.2) is 0 Å². The quantitative estimate of drug-likeness (QED) is 0.879. The van der Waals surface area contributed by atoms with Crippen LogP contribution >= 0.6 is 0 Å². The van der Waals surface area contributed by atoms with E-state index in [1.54, 1.807) is 12.1 Å². The summed E-state index contributed by atoms with van der Waals surface area (Å²) in [4.78, 5) is 4.64. The van der Waals surface area contributed by atoms with Crippen LogP contribution in [-0.2, 0) is 5.41 Å². The highest BCUT2D eigenvalue weighted by atomic mass is 19.1. The van der Waals surface area contributed by atoms with Crippen molar-refractivity contribution in [2.75, 3.05) is 11.9 Å². The van der Waals surface area contributed by atoms with Crippen LogP contribution in [-0.4, -0.2) is 11.5 Å². The molecule has 0 aliphatic rings. The van der Waals surface area contributed by atoms with Crippen LogP contribution in [0.4, 0.5) is 10.2 Å². The monoisotopic (exact) mass is 260 g/mol. The number of aromatic nitrogens is 1. The first kappa shape index (κ1) is 13.8. The van der Waals surface area contributed by atoms with Crippen molar-refractivity contribution in [2.24, 2.45) is 0 Å². The summed E-state index contributed by atoms with van der Waals surface area (Å²) < 4.78 is 13.3. The second kappa shape index (κ2) is 5.16. The number of benzene rings is 1. The molecule has 0 radical (unpaired) electrons. The van der Waals surface area contributed by atoms with Crippen molar-refractivity contribution >= 4 is 16.7 Å². The summed E-state index contributed by atoms with van der Waals surface area (Å²) in [6, 6.07) is 6.77. The number of halogens is 1. The zero-order chi connectivity index (χ0) is 14.0. The molecule has 0 aliphatic heterocycles. The van der Waals surface area contributed by atoms with Crippen molar-refractivity contribution in [1.29, 1.82) is 0 Å². The van der Waals surface area contributed by atoms with Crippen LogP contribution in [0.15, 0.2) is 24.3 Å². The molecular formula is C16H21FN2. The van der Waals surface area contributed by atoms with Gasteiger partial charge in [-0.05, 0) is 36.1 Å². The third kappa shape index (κ3) is 3.03. The van der Waals surface area contributed by atoms with Gasteiger partial charge in [-0.3, -0.25) is 0 Å². The van der Waals surface area contributed by atoms with E-state index in [1.165, 1.54) is 6.07 Å². The van der Waals surface area contributed by atoms with E-state index in [9.17, 15) is 4.39 Å². The Hall–Kier alpha value is -1.64. The molecule has 0 atom stereocenters. The van der Waals surface area contributed by atoms with Crippen LogP contribution in [0.1, 0.15) is 39.7 Å². The van der Waals surface area contributed by atoms with E-state index >= 15 is 0 Å². The van der Waals surface area contributed by atoms with Crippen LogP contribution in [0.5, 0.6) is 0 Å². The molecule has 1 N–H and O–H groups in total. The summed E-state index contributed by atoms with van der Waals surface area (Å²) in [6.45, 7) is 9.45. The first-order valence-electron chi connectivity index (χ1n) is 6.76. The molecular weight excluding hydrogens is 239 g/mol. The number of nitrogens with zero attached hydrogens (tertiary/aromatic N) is 1. The van der Waals surface area contributed by atoms with Gasteiger partial charge in [-0.2, -0.15) is 0 Å². The van der Waals surface area contributed by atoms with Crippen LogP contribution < -0.4 is 5.32 Å². The van der Waals surface area contributed by atoms with Crippen LogP contribution in [0.3, 0.4) is 0 Å². The number of fused-ring (bicyclic) bond motifs is 1. The standard InChI is InChI=1S/C16H21FN2/c1-5-8-18-15-13(16(2,3)4)10-11-9-12(17)6-7-14(11)19-15/h6-7,9-10H,5,8H2,1-4H3,(H,18,19). The fourth-order valence-corrected chi connectivity index (χ4v) is 2.10. The van der Waals surface area contributed by atoms with Gasteiger partial charge < -0.3 is 5.32 Å². The van der Waals surface area contributed by atoms with Gasteiger partial charge in [0, 0.05) is 17.5 Å². The Morgan fingerprint density at radius 1 is 1.21 bits per heavy atom. The summed E-state index contributed by atoms with van der Waals surface area (Å²) in [5.74, 6) is 0.692. The Bertz CT molecular complexity index is 585. The van der Waals surface area contributed by atoms with Gasteiger partial charge in [0.05, 0.1) is 5.52 Å². The highest BCUT2D eigenvalue weighted by molar-refractivity contribution is 5.82. The molecule has 1 aromatic carbocycles. The molecule has 0 amide bonds. The lowest BCUT2D eigenvalue weighted by atomic mass is 9.86. The molecule has 0 saturated carbocycles. The van der Waals surface area contributed by atoms with Gasteiger partial charge in [-0.25, -0.2) is 9.37 Å². The van der Waals surface area contributed by atoms with Crippen molar-refractivity contribution in [3.8, 4) is 0 Å². The van der Waals surface area contributed by atoms with E-state index in [-0.39, 0.29) is 11.2 Å². The lowest BCUT2D eigenvalue weighted by Crippen LogP contribution is -2.16. The molecule has 0 unspecified atom stereocenters. The van der Waals surface area contributed by atoms with Gasteiger partial charge in [-0.15, -0.1) is 0 Å². The maximum atomic E-state index is 13.3. The molecule has 102 valence electrons. The normalized spacial score (nSPS) is 11.8. The fourth-order valence-electron chi connectivity index (χ4n) is 2.10. The minimum Gasteiger partial charge on any atom is -0.370 e. The average Bonchev–Trinajstić information content (AvgIpc) is 2.34. The molecule has 1 heterocycles. The Balaban J connectivity index is 2.60. The lowest BCUT2D eigenvalue weighted by molar-refractivity contribution is 0.590. The Morgan fingerprint density at radius 3 is 2.58 bits per heavy atom. The van der Waals surface area contributed by atoms with E-state index < -0.39 is 0 Å². The van der Waals surface area contributed by atoms with Crippen LogP contribution in [0.2, 0.25) is 0 Å². The molecule has 0 bridgehead atoms. The Labute approximate surface area is 114 Å². The van der Waals surface area contributed by atoms with Crippen molar-refractivity contribution in [2.45, 2.75) is 39.5 Å². The van der Waals surface area contributed by atoms with E-state index in [0.717, 1.165) is 35.2 Å². The molecule has 3 heteroatoms. The maximum Gasteiger partial charge on any atom is 0.130 e. The zero-order valence-electron chi connectivity index (χ0n) is 12.0. The Kier molecular flexibility index (Phi) is 3.74. The van der Waals surface area contributed by atoms with Crippen LogP contribution in [0.25, 0.3) is 10.9 Å². The molecule has 19 heavy (non-hydrogen) atoms. The van der Waals surface area contributed by atoms with Crippen LogP contribution in [0, 0.1) is 5.82 Å². The average molecular weight is 260 g/mol. The van der Waals surface area contributed by atoms with Gasteiger partial charge in [0.1, 0.15) is 11.6 Å². The second-order valence-electron chi connectivity index (χ2n) is 5.90. The maximum absolute atomic E-state index is 13.3. The van der Waals surface area contributed by atoms with E-state index in [2.05, 4.69) is 38.0 Å². The Morgan fingerprint density at radius 2 is 1.95 bits per heavy atom. The first-order valence-corrected chi connectivity index (χ1v) is 6.76. The highest BCUT2D eigenvalue weighted by Gasteiger charge is 2.20. The van der Waals surface area contributed by atoms with Gasteiger partial charge in [0.2, 0.25) is 0 Å². The minimum atomic E-state index is -0.219. The number of rotatable bonds is 3. The van der Waals surface area contributed by atoms with Crippen molar-refractivity contribution in [3.63, 3.8) is 0 Å². The summed E-state index contributed by atoms with van der Waals surface area (Å²) in [6.07, 6.45) is 1.05. The summed E-state index contributed by atoms with van der Waals surface area (Å²) in [7, 11) is 0. The molecule has 0 aliphatic carbocycles. The van der Waals surface area contributed by atoms with Gasteiger partial charge >= 0.3 is 0 Å². The van der Waals surface area contributed by atoms with Gasteiger partial charge in [-0.1, -0.05) is 27.7 Å². The summed E-state index contributed by atoms with van der Waals surface area (Å²) in [5, 5.41) is 4.23. The highest BCUT2D eigenvalue weighted by Crippen LogP contribution is 2.31. The predicted octanol–water partition coefficient (Wildman–Crippen LogP) is 4.49. The number of hydrogen-bond donors (Lipinski definition) is 1. The van der Waals surface area contributed by atoms with E-state index in [0.29, 0.717) is 0 Å². The topological polar surface area (TPSA) is 24.9 Å². The molecule has 2 nitrogen and oxygen atoms in total. The van der Waals surface area contributed by atoms with E-state index in [1.807, 2.05) is 6.07 Å². The number of anilines is 1. The SMILES string of the molecule is CCCNc1nc2ccc(F)cc2cc1C(C)(C)C. The van der Waals surface area contributed by atoms with Crippen molar-refractivity contribution < 1.29 is 4.39 Å². The van der Waals surface area contributed by atoms with E-state index in [4.69, 9.17) is 0 Å².